The summed E-state index contributed by atoms with van der Waals surface area (Å²) < 4.78 is 35.3. The third kappa shape index (κ3) is 6.74. The molecule has 2 aliphatic rings. The van der Waals surface area contributed by atoms with Gasteiger partial charge in [-0.1, -0.05) is 18.2 Å². The van der Waals surface area contributed by atoms with Crippen LogP contribution in [0.5, 0.6) is 0 Å². The van der Waals surface area contributed by atoms with Gasteiger partial charge >= 0.3 is 0 Å². The number of hydrogen-bond acceptors (Lipinski definition) is 8. The van der Waals surface area contributed by atoms with E-state index in [1.54, 1.807) is 24.3 Å². The van der Waals surface area contributed by atoms with Gasteiger partial charge in [0.05, 0.1) is 29.8 Å². The fourth-order valence-electron chi connectivity index (χ4n) is 6.10. The monoisotopic (exact) mass is 583 g/mol. The molecule has 2 fully saturated rings. The van der Waals surface area contributed by atoms with Gasteiger partial charge in [0.2, 0.25) is 5.95 Å². The zero-order valence-electron chi connectivity index (χ0n) is 24.8. The molecule has 1 saturated carbocycles. The van der Waals surface area contributed by atoms with Gasteiger partial charge in [0.15, 0.2) is 5.82 Å². The smallest absolute Gasteiger partial charge is 0.296 e. The first-order valence-electron chi connectivity index (χ1n) is 15.0. The highest BCUT2D eigenvalue weighted by atomic mass is 19.3. The van der Waals surface area contributed by atoms with E-state index in [1.165, 1.54) is 4.57 Å². The van der Waals surface area contributed by atoms with E-state index in [9.17, 15) is 13.9 Å². The Balaban J connectivity index is 1.35. The minimum atomic E-state index is -2.76. The summed E-state index contributed by atoms with van der Waals surface area (Å²) in [5.74, 6) is 1.54. The molecule has 9 nitrogen and oxygen atoms in total. The van der Waals surface area contributed by atoms with E-state index in [0.29, 0.717) is 73.4 Å². The van der Waals surface area contributed by atoms with E-state index in [1.807, 2.05) is 26.0 Å². The summed E-state index contributed by atoms with van der Waals surface area (Å²) in [5.41, 5.74) is 0.273. The van der Waals surface area contributed by atoms with Crippen molar-refractivity contribution < 1.29 is 18.6 Å². The molecule has 1 aliphatic carbocycles. The number of para-hydroxylation sites is 2. The topological polar surface area (TPSA) is 91.6 Å². The van der Waals surface area contributed by atoms with Crippen LogP contribution in [-0.2, 0) is 4.74 Å². The molecule has 2 aromatic heterocycles. The van der Waals surface area contributed by atoms with Crippen molar-refractivity contribution in [2.24, 2.45) is 5.92 Å². The lowest BCUT2D eigenvalue weighted by Gasteiger charge is -2.43. The van der Waals surface area contributed by atoms with Crippen LogP contribution in [0.25, 0.3) is 16.9 Å². The van der Waals surface area contributed by atoms with Crippen LogP contribution < -0.4 is 10.2 Å². The largest absolute Gasteiger partial charge is 0.389 e. The zero-order valence-corrected chi connectivity index (χ0v) is 24.8. The van der Waals surface area contributed by atoms with E-state index in [0.717, 1.165) is 32.2 Å². The maximum Gasteiger partial charge on any atom is 0.296 e. The number of ether oxygens (including phenoxy) is 1. The lowest BCUT2D eigenvalue weighted by Crippen LogP contribution is -2.52. The van der Waals surface area contributed by atoms with Gasteiger partial charge in [-0.25, -0.2) is 13.8 Å². The number of nitrogens with one attached hydrogen (secondary N) is 1. The Morgan fingerprint density at radius 2 is 1.81 bits per heavy atom. The van der Waals surface area contributed by atoms with Gasteiger partial charge in [0.25, 0.3) is 6.43 Å². The van der Waals surface area contributed by atoms with Crippen LogP contribution in [0, 0.1) is 5.92 Å². The summed E-state index contributed by atoms with van der Waals surface area (Å²) in [6.45, 7) is 13.6. The number of anilines is 2. The Morgan fingerprint density at radius 3 is 2.48 bits per heavy atom. The third-order valence-corrected chi connectivity index (χ3v) is 8.74. The minimum Gasteiger partial charge on any atom is -0.389 e. The van der Waals surface area contributed by atoms with Crippen LogP contribution in [0.15, 0.2) is 43.0 Å². The van der Waals surface area contributed by atoms with E-state index < -0.39 is 12.0 Å². The molecule has 0 bridgehead atoms. The summed E-state index contributed by atoms with van der Waals surface area (Å²) >= 11 is 0. The van der Waals surface area contributed by atoms with E-state index in [-0.39, 0.29) is 11.9 Å². The van der Waals surface area contributed by atoms with Crippen molar-refractivity contribution in [2.75, 3.05) is 49.6 Å². The van der Waals surface area contributed by atoms with Crippen molar-refractivity contribution in [3.05, 3.63) is 48.8 Å². The molecule has 3 heterocycles. The number of rotatable bonds is 11. The predicted octanol–water partition coefficient (Wildman–Crippen LogP) is 5.21. The molecular formula is C31H43F2N7O2. The number of aromatic nitrogens is 4. The van der Waals surface area contributed by atoms with Crippen molar-refractivity contribution in [3.8, 4) is 5.82 Å². The van der Waals surface area contributed by atoms with Crippen molar-refractivity contribution >= 4 is 22.8 Å². The molecule has 2 N–H and O–H groups in total. The van der Waals surface area contributed by atoms with Crippen molar-refractivity contribution in [1.82, 2.24) is 24.4 Å². The van der Waals surface area contributed by atoms with Crippen LogP contribution >= 0.6 is 0 Å². The van der Waals surface area contributed by atoms with Crippen LogP contribution in [0.3, 0.4) is 0 Å². The Hall–Kier alpha value is -3.15. The summed E-state index contributed by atoms with van der Waals surface area (Å²) in [6, 6.07) is 9.28. The minimum absolute atomic E-state index is 0.0160. The number of halogens is 2. The van der Waals surface area contributed by atoms with E-state index >= 15 is 0 Å². The van der Waals surface area contributed by atoms with Crippen LogP contribution in [0.2, 0.25) is 0 Å². The second-order valence-corrected chi connectivity index (χ2v) is 12.0. The maximum absolute atomic E-state index is 14.2. The first-order chi connectivity index (χ1) is 20.2. The predicted molar refractivity (Wildman–Crippen MR) is 162 cm³/mol. The summed E-state index contributed by atoms with van der Waals surface area (Å²) in [4.78, 5) is 18.2. The number of imidazole rings is 1. The quantitative estimate of drug-likeness (QED) is 0.298. The molecular weight excluding hydrogens is 540 g/mol. The molecule has 1 unspecified atom stereocenters. The van der Waals surface area contributed by atoms with Crippen LogP contribution in [-0.4, -0.2) is 86.6 Å². The Kier molecular flexibility index (Phi) is 9.39. The molecule has 228 valence electrons. The molecule has 1 aliphatic heterocycles. The van der Waals surface area contributed by atoms with Crippen molar-refractivity contribution in [1.29, 1.82) is 0 Å². The first kappa shape index (κ1) is 30.3. The highest BCUT2D eigenvalue weighted by Gasteiger charge is 2.34. The molecule has 0 amide bonds. The van der Waals surface area contributed by atoms with Gasteiger partial charge in [-0.15, -0.1) is 6.58 Å². The van der Waals surface area contributed by atoms with Crippen molar-refractivity contribution in [3.63, 3.8) is 0 Å². The SMILES string of the molecule is C=CCN(C(C)C(C)(C)O)[C@H]1CC[C@H](CNc2nc(N3CCOCC3)cc(-n3c(C(F)F)nc4ccccc43)n2)CC1. The fraction of sp³-hybridized carbons (Fsp3) is 0.581. The number of nitrogens with zero attached hydrogens (tertiary/aromatic N) is 6. The standard InChI is InChI=1S/C31H43F2N7O2/c1-5-14-39(21(2)31(3,4)41)23-12-10-22(11-13-23)20-34-30-36-26(38-15-17-42-18-16-38)19-27(37-30)40-25-9-7-6-8-24(25)35-29(40)28(32)33/h5-9,19,21-23,28,41H,1,10-18,20H2,2-4H3,(H,34,36,37)/t21?,22-,23-. The number of hydrogen-bond donors (Lipinski definition) is 2. The molecule has 11 heteroatoms. The average Bonchev–Trinajstić information content (AvgIpc) is 3.39. The normalized spacial score (nSPS) is 20.8. The van der Waals surface area contributed by atoms with Gasteiger partial charge in [-0.05, 0) is 64.5 Å². The Morgan fingerprint density at radius 1 is 1.12 bits per heavy atom. The Labute approximate surface area is 246 Å². The summed E-state index contributed by atoms with van der Waals surface area (Å²) in [7, 11) is 0. The lowest BCUT2D eigenvalue weighted by atomic mass is 9.83. The summed E-state index contributed by atoms with van der Waals surface area (Å²) in [5, 5.41) is 14.1. The third-order valence-electron chi connectivity index (χ3n) is 8.74. The van der Waals surface area contributed by atoms with Gasteiger partial charge in [0.1, 0.15) is 11.6 Å². The first-order valence-corrected chi connectivity index (χ1v) is 15.0. The molecule has 1 atom stereocenters. The van der Waals surface area contributed by atoms with E-state index in [2.05, 4.69) is 33.6 Å². The molecule has 5 rings (SSSR count). The molecule has 1 saturated heterocycles. The number of aliphatic hydroxyl groups is 1. The average molecular weight is 584 g/mol. The molecule has 3 aromatic rings. The Bertz CT molecular complexity index is 1340. The number of morpholine rings is 1. The van der Waals surface area contributed by atoms with Crippen molar-refractivity contribution in [2.45, 2.75) is 70.6 Å². The van der Waals surface area contributed by atoms with E-state index in [4.69, 9.17) is 14.7 Å². The van der Waals surface area contributed by atoms with Gasteiger partial charge in [-0.3, -0.25) is 9.47 Å². The summed E-state index contributed by atoms with van der Waals surface area (Å²) in [6.07, 6.45) is 3.27. The molecule has 42 heavy (non-hydrogen) atoms. The highest BCUT2D eigenvalue weighted by Crippen LogP contribution is 2.32. The van der Waals surface area contributed by atoms with Crippen LogP contribution in [0.4, 0.5) is 20.5 Å². The zero-order chi connectivity index (χ0) is 29.9. The van der Waals surface area contributed by atoms with Gasteiger partial charge in [0, 0.05) is 44.3 Å². The van der Waals surface area contributed by atoms with Gasteiger partial charge in [-0.2, -0.15) is 9.97 Å². The number of alkyl halides is 2. The van der Waals surface area contributed by atoms with Crippen LogP contribution in [0.1, 0.15) is 58.7 Å². The second kappa shape index (κ2) is 13.0. The fourth-order valence-corrected chi connectivity index (χ4v) is 6.10. The number of fused-ring (bicyclic) bond motifs is 1. The lowest BCUT2D eigenvalue weighted by molar-refractivity contribution is -0.0313. The molecule has 0 radical (unpaired) electrons. The highest BCUT2D eigenvalue weighted by molar-refractivity contribution is 5.78. The maximum atomic E-state index is 14.2. The molecule has 1 aromatic carbocycles. The second-order valence-electron chi connectivity index (χ2n) is 12.0. The van der Waals surface area contributed by atoms with Gasteiger partial charge < -0.3 is 20.1 Å². The molecule has 0 spiro atoms. The number of benzene rings is 1.